The van der Waals surface area contributed by atoms with E-state index in [1.54, 1.807) is 0 Å². The second kappa shape index (κ2) is 30.6. The molecule has 21 N–H and O–H groups in total. The van der Waals surface area contributed by atoms with Gasteiger partial charge in [-0.05, 0) is 33.7 Å². The summed E-state index contributed by atoms with van der Waals surface area (Å²) in [6, 6.07) is -3.37. The first-order chi connectivity index (χ1) is 40.2. The van der Waals surface area contributed by atoms with Crippen LogP contribution in [0, 0.1) is 0 Å². The van der Waals surface area contributed by atoms with E-state index in [1.807, 2.05) is 0 Å². The molecule has 494 valence electrons. The molecule has 36 nitrogen and oxygen atoms in total. The number of amides is 2. The fourth-order valence-electron chi connectivity index (χ4n) is 11.0. The zero-order valence-corrected chi connectivity index (χ0v) is 46.9. The average Bonchev–Trinajstić information content (AvgIpc) is 1.70. The van der Waals surface area contributed by atoms with Crippen LogP contribution in [0.2, 0.25) is 0 Å². The van der Waals surface area contributed by atoms with Crippen molar-refractivity contribution >= 4 is 11.8 Å². The second-order valence-corrected chi connectivity index (χ2v) is 22.0. The maximum Gasteiger partial charge on any atom is 0.217 e. The van der Waals surface area contributed by atoms with E-state index in [0.717, 1.165) is 13.8 Å². The third-order valence-corrected chi connectivity index (χ3v) is 15.8. The Morgan fingerprint density at radius 3 is 1.13 bits per heavy atom. The third kappa shape index (κ3) is 15.5. The van der Waals surface area contributed by atoms with Crippen LogP contribution in [0.15, 0.2) is 0 Å². The molecule has 7 rings (SSSR count). The molecule has 7 heterocycles. The molecule has 0 saturated carbocycles. The summed E-state index contributed by atoms with van der Waals surface area (Å²) < 4.78 is 84.5. The first-order valence-electron chi connectivity index (χ1n) is 27.9. The Labute approximate surface area is 485 Å². The van der Waals surface area contributed by atoms with Crippen molar-refractivity contribution in [3.05, 3.63) is 0 Å². The largest absolute Gasteiger partial charge is 0.394 e. The molecular formula is C49H85N3O33. The lowest BCUT2D eigenvalue weighted by atomic mass is 9.93. The van der Waals surface area contributed by atoms with Crippen LogP contribution >= 0.6 is 0 Å². The van der Waals surface area contributed by atoms with Crippen LogP contribution in [0.4, 0.5) is 0 Å². The molecule has 85 heavy (non-hydrogen) atoms. The Balaban J connectivity index is 1.25. The Kier molecular flexibility index (Phi) is 25.3. The molecule has 0 bridgehead atoms. The van der Waals surface area contributed by atoms with Crippen molar-refractivity contribution in [2.75, 3.05) is 39.6 Å². The summed E-state index contributed by atoms with van der Waals surface area (Å²) in [6.07, 6.45) is -60.6. The average molecular weight is 1240 g/mol. The van der Waals surface area contributed by atoms with Gasteiger partial charge in [-0.15, -0.1) is 0 Å². The van der Waals surface area contributed by atoms with Crippen molar-refractivity contribution in [1.29, 1.82) is 0 Å². The van der Waals surface area contributed by atoms with Crippen LogP contribution in [-0.2, 0) is 75.9 Å². The van der Waals surface area contributed by atoms with Crippen LogP contribution < -0.4 is 16.4 Å². The number of nitrogens with two attached hydrogens (primary N) is 1. The van der Waals surface area contributed by atoms with Gasteiger partial charge < -0.3 is 169 Å². The molecule has 0 aliphatic carbocycles. The summed E-state index contributed by atoms with van der Waals surface area (Å²) in [6.45, 7) is 2.00. The molecule has 0 radical (unpaired) electrons. The number of carbonyl (C=O) groups is 2. The fraction of sp³-hybridized carbons (Fsp3) is 0.959. The SMILES string of the molecule is CC(=O)N[C@H]1[C@H](OCCCN)O[C@H](CO)[C@@H](O[C@@H]2O[C@H](CO)[C@H](O)[C@H](O[C@@H]3O[C@H](CO)[C@@H](O[C@@H]4O[C@H](CO)[C@H](O)[C@H](O)[C@H]4O[C@@H]4O[C@@H](C)[C@@H](O)[C@@H](O)[C@@H]4O)[C@H](O[C@@H]4O[C@@H](C)[C@@H](O)[C@@H](O)[C@@H]4O)[C@H]3NC(C)=O)[C@H]2O)[C@@H]1O[C@@H]1O[C@@H](C)[C@@H](O)[C@@H](O)[C@@H]1O. The summed E-state index contributed by atoms with van der Waals surface area (Å²) in [5, 5.41) is 192. The number of carbonyl (C=O) groups excluding carboxylic acids is 2. The highest BCUT2D eigenvalue weighted by atomic mass is 16.8. The van der Waals surface area contributed by atoms with Crippen LogP contribution in [0.3, 0.4) is 0 Å². The molecule has 7 aliphatic heterocycles. The van der Waals surface area contributed by atoms with Gasteiger partial charge in [0.25, 0.3) is 0 Å². The number of hydrogen-bond acceptors (Lipinski definition) is 34. The van der Waals surface area contributed by atoms with Gasteiger partial charge >= 0.3 is 0 Å². The van der Waals surface area contributed by atoms with Gasteiger partial charge in [0.05, 0.1) is 51.3 Å². The number of aliphatic hydroxyl groups excluding tert-OH is 17. The van der Waals surface area contributed by atoms with Crippen molar-refractivity contribution < 1.29 is 163 Å². The highest BCUT2D eigenvalue weighted by Gasteiger charge is 2.60. The van der Waals surface area contributed by atoms with Gasteiger partial charge in [-0.1, -0.05) is 0 Å². The first kappa shape index (κ1) is 70.1. The lowest BCUT2D eigenvalue weighted by molar-refractivity contribution is -0.402. The molecule has 0 spiro atoms. The van der Waals surface area contributed by atoms with Gasteiger partial charge in [0.1, 0.15) is 152 Å². The smallest absolute Gasteiger partial charge is 0.217 e. The molecule has 0 unspecified atom stereocenters. The summed E-state index contributed by atoms with van der Waals surface area (Å²) in [7, 11) is 0. The van der Waals surface area contributed by atoms with Gasteiger partial charge in [0, 0.05) is 13.8 Å². The quantitative estimate of drug-likeness (QED) is 0.0448. The highest BCUT2D eigenvalue weighted by Crippen LogP contribution is 2.39. The standard InChI is InChI=1S/C49H85N3O33/c1-13-24(59)29(64)33(68)45(73-13)82-39-22(51-16(4)57)43(72-8-6-7-50)78-20(11-55)37(39)80-48-36(71)41(28(63)19(10-54)76-48)84-44-23(52-17(5)58)40(83-46-34(69)30(65)25(60)14(2)74-46)38(21(12-56)79-44)81-49-42(32(67)27(62)18(9-53)77-49)85-47-35(70)31(66)26(61)15(3)75-47/h13-15,18-49,53-56,59-71H,6-12,50H2,1-5H3,(H,51,57)(H,52,58)/t13-,14-,15-,18+,19+,20+,21+,22+,23+,24+,25+,26+,27-,28-,29+,30+,31+,32-,33-,34-,35-,36+,37+,38+,39+,40+,41-,42+,43+,44-,45-,46-,47-,48-,49-/m0/s1. The number of nitrogens with one attached hydrogen (secondary N) is 2. The van der Waals surface area contributed by atoms with Gasteiger partial charge in [-0.3, -0.25) is 9.59 Å². The van der Waals surface area contributed by atoms with E-state index in [9.17, 15) is 96.4 Å². The van der Waals surface area contributed by atoms with Gasteiger partial charge in [-0.2, -0.15) is 0 Å². The predicted octanol–water partition coefficient (Wildman–Crippen LogP) is -12.5. The molecule has 36 heteroatoms. The van der Waals surface area contributed by atoms with Gasteiger partial charge in [-0.25, -0.2) is 0 Å². The molecule has 0 aromatic carbocycles. The van der Waals surface area contributed by atoms with E-state index in [4.69, 9.17) is 72.0 Å². The van der Waals surface area contributed by atoms with Gasteiger partial charge in [0.2, 0.25) is 11.8 Å². The lowest BCUT2D eigenvalue weighted by Crippen LogP contribution is -2.72. The van der Waals surface area contributed by atoms with Crippen LogP contribution in [0.25, 0.3) is 0 Å². The summed E-state index contributed by atoms with van der Waals surface area (Å²) >= 11 is 0. The van der Waals surface area contributed by atoms with Crippen molar-refractivity contribution in [2.45, 2.75) is 256 Å². The van der Waals surface area contributed by atoms with E-state index >= 15 is 0 Å². The minimum Gasteiger partial charge on any atom is -0.394 e. The molecule has 7 saturated heterocycles. The van der Waals surface area contributed by atoms with E-state index in [2.05, 4.69) is 10.6 Å². The number of hydrogen-bond donors (Lipinski definition) is 20. The Bertz CT molecular complexity index is 2090. The molecular weight excluding hydrogens is 1160 g/mol. The lowest BCUT2D eigenvalue weighted by Gasteiger charge is -2.52. The molecule has 7 fully saturated rings. The number of rotatable bonds is 22. The maximum absolute atomic E-state index is 13.3. The molecule has 0 aromatic heterocycles. The topological polar surface area (TPSA) is 557 Å². The molecule has 35 atom stereocenters. The van der Waals surface area contributed by atoms with Crippen molar-refractivity contribution in [3.8, 4) is 0 Å². The Morgan fingerprint density at radius 1 is 0.365 bits per heavy atom. The predicted molar refractivity (Wildman–Crippen MR) is 268 cm³/mol. The molecule has 0 aromatic rings. The van der Waals surface area contributed by atoms with E-state index in [1.165, 1.54) is 20.8 Å². The third-order valence-electron chi connectivity index (χ3n) is 15.8. The second-order valence-electron chi connectivity index (χ2n) is 22.0. The minimum absolute atomic E-state index is 0.0754. The minimum atomic E-state index is -2.29. The van der Waals surface area contributed by atoms with Crippen molar-refractivity contribution in [2.24, 2.45) is 5.73 Å². The summed E-state index contributed by atoms with van der Waals surface area (Å²) in [4.78, 5) is 26.2. The zero-order valence-electron chi connectivity index (χ0n) is 46.9. The van der Waals surface area contributed by atoms with Crippen molar-refractivity contribution in [1.82, 2.24) is 10.6 Å². The molecule has 7 aliphatic rings. The number of ether oxygens (including phenoxy) is 14. The maximum atomic E-state index is 13.3. The van der Waals surface area contributed by atoms with E-state index in [-0.39, 0.29) is 19.6 Å². The zero-order chi connectivity index (χ0) is 62.6. The molecule has 2 amide bonds. The van der Waals surface area contributed by atoms with E-state index < -0.39 is 253 Å². The Hall–Kier alpha value is -2.34. The highest BCUT2D eigenvalue weighted by molar-refractivity contribution is 5.73. The normalized spacial score (nSPS) is 49.9. The first-order valence-corrected chi connectivity index (χ1v) is 27.9. The van der Waals surface area contributed by atoms with Crippen molar-refractivity contribution in [3.63, 3.8) is 0 Å². The van der Waals surface area contributed by atoms with Gasteiger partial charge in [0.15, 0.2) is 44.0 Å². The summed E-state index contributed by atoms with van der Waals surface area (Å²) in [5.74, 6) is -1.63. The number of aliphatic hydroxyl groups is 17. The van der Waals surface area contributed by atoms with Crippen LogP contribution in [0.5, 0.6) is 0 Å². The summed E-state index contributed by atoms with van der Waals surface area (Å²) in [5.41, 5.74) is 5.69. The van der Waals surface area contributed by atoms with Crippen LogP contribution in [-0.4, -0.2) is 353 Å². The monoisotopic (exact) mass is 1240 g/mol. The van der Waals surface area contributed by atoms with E-state index in [0.29, 0.717) is 0 Å². The Morgan fingerprint density at radius 2 is 0.706 bits per heavy atom. The fourth-order valence-corrected chi connectivity index (χ4v) is 11.0. The van der Waals surface area contributed by atoms with Crippen LogP contribution in [0.1, 0.15) is 41.0 Å².